The number of hydrogen-bond acceptors (Lipinski definition) is 3. The van der Waals surface area contributed by atoms with E-state index in [2.05, 4.69) is 10.6 Å². The zero-order chi connectivity index (χ0) is 10.4. The highest BCUT2D eigenvalue weighted by molar-refractivity contribution is 5.76. The van der Waals surface area contributed by atoms with Gasteiger partial charge in [-0.25, -0.2) is 0 Å². The van der Waals surface area contributed by atoms with Crippen LogP contribution in [0, 0.1) is 5.92 Å². The summed E-state index contributed by atoms with van der Waals surface area (Å²) in [7, 11) is 0. The number of amides is 1. The molecule has 1 aliphatic rings. The van der Waals surface area contributed by atoms with Gasteiger partial charge in [0.15, 0.2) is 0 Å². The van der Waals surface area contributed by atoms with Gasteiger partial charge in [-0.1, -0.05) is 6.92 Å². The van der Waals surface area contributed by atoms with E-state index in [1.165, 1.54) is 0 Å². The fourth-order valence-corrected chi connectivity index (χ4v) is 1.33. The van der Waals surface area contributed by atoms with Crippen LogP contribution >= 0.6 is 0 Å². The van der Waals surface area contributed by atoms with Gasteiger partial charge in [-0.05, 0) is 25.3 Å². The van der Waals surface area contributed by atoms with E-state index in [1.54, 1.807) is 0 Å². The lowest BCUT2D eigenvalue weighted by atomic mass is 10.2. The van der Waals surface area contributed by atoms with Crippen LogP contribution in [0.4, 0.5) is 0 Å². The second kappa shape index (κ2) is 5.98. The smallest absolute Gasteiger partial charge is 0.221 e. The minimum atomic E-state index is -0.335. The van der Waals surface area contributed by atoms with Crippen molar-refractivity contribution < 1.29 is 9.90 Å². The largest absolute Gasteiger partial charge is 0.391 e. The van der Waals surface area contributed by atoms with Gasteiger partial charge in [-0.3, -0.25) is 4.79 Å². The van der Waals surface area contributed by atoms with Crippen molar-refractivity contribution in [2.45, 2.75) is 32.3 Å². The quantitative estimate of drug-likeness (QED) is 0.502. The van der Waals surface area contributed by atoms with Crippen molar-refractivity contribution in [1.29, 1.82) is 0 Å². The summed E-state index contributed by atoms with van der Waals surface area (Å²) in [5, 5.41) is 15.3. The summed E-state index contributed by atoms with van der Waals surface area (Å²) in [5.74, 6) is 0.453. The third-order valence-electron chi connectivity index (χ3n) is 2.45. The van der Waals surface area contributed by atoms with Gasteiger partial charge < -0.3 is 15.7 Å². The molecule has 82 valence electrons. The predicted octanol–water partition coefficient (Wildman–Crippen LogP) is -0.127. The van der Waals surface area contributed by atoms with E-state index in [0.29, 0.717) is 25.4 Å². The lowest BCUT2D eigenvalue weighted by molar-refractivity contribution is -0.121. The third kappa shape index (κ3) is 4.58. The molecule has 1 saturated carbocycles. The summed E-state index contributed by atoms with van der Waals surface area (Å²) in [4.78, 5) is 11.2. The summed E-state index contributed by atoms with van der Waals surface area (Å²) in [6, 6.07) is 0. The Kier molecular flexibility index (Phi) is 4.90. The maximum Gasteiger partial charge on any atom is 0.221 e. The summed E-state index contributed by atoms with van der Waals surface area (Å²) < 4.78 is 0. The Morgan fingerprint density at radius 1 is 1.57 bits per heavy atom. The normalized spacial score (nSPS) is 17.9. The van der Waals surface area contributed by atoms with E-state index in [9.17, 15) is 9.90 Å². The van der Waals surface area contributed by atoms with Gasteiger partial charge in [0.1, 0.15) is 0 Å². The van der Waals surface area contributed by atoms with E-state index in [1.807, 2.05) is 6.92 Å². The molecule has 14 heavy (non-hydrogen) atoms. The number of carbonyl (C=O) groups excluding carboxylic acids is 1. The molecule has 4 nitrogen and oxygen atoms in total. The number of hydrogen-bond donors (Lipinski definition) is 3. The Balaban J connectivity index is 1.96. The highest BCUT2D eigenvalue weighted by Gasteiger charge is 2.29. The minimum absolute atomic E-state index is 0.0191. The molecule has 1 unspecified atom stereocenters. The molecular weight excluding hydrogens is 180 g/mol. The second-order valence-corrected chi connectivity index (χ2v) is 3.81. The standard InChI is InChI=1S/C10H20N2O2/c1-2-11-6-5-10(14)12-7-9(13)8-3-4-8/h8-9,11,13H,2-7H2,1H3,(H,12,14). The molecule has 0 heterocycles. The first kappa shape index (κ1) is 11.5. The zero-order valence-electron chi connectivity index (χ0n) is 8.75. The summed E-state index contributed by atoms with van der Waals surface area (Å²) in [5.41, 5.74) is 0. The average Bonchev–Trinajstić information content (AvgIpc) is 2.98. The van der Waals surface area contributed by atoms with Crippen molar-refractivity contribution in [2.75, 3.05) is 19.6 Å². The van der Waals surface area contributed by atoms with Crippen LogP contribution in [-0.2, 0) is 4.79 Å². The van der Waals surface area contributed by atoms with Crippen molar-refractivity contribution >= 4 is 5.91 Å². The van der Waals surface area contributed by atoms with Crippen LogP contribution in [0.2, 0.25) is 0 Å². The molecule has 0 radical (unpaired) electrons. The lowest BCUT2D eigenvalue weighted by Crippen LogP contribution is -2.34. The first-order chi connectivity index (χ1) is 6.74. The van der Waals surface area contributed by atoms with Crippen LogP contribution in [0.3, 0.4) is 0 Å². The summed E-state index contributed by atoms with van der Waals surface area (Å²) in [6.07, 6.45) is 2.37. The Labute approximate surface area is 85.1 Å². The molecule has 1 amide bonds. The van der Waals surface area contributed by atoms with Crippen molar-refractivity contribution in [1.82, 2.24) is 10.6 Å². The van der Waals surface area contributed by atoms with Gasteiger partial charge in [-0.2, -0.15) is 0 Å². The van der Waals surface area contributed by atoms with Gasteiger partial charge in [0.25, 0.3) is 0 Å². The fraction of sp³-hybridized carbons (Fsp3) is 0.900. The minimum Gasteiger partial charge on any atom is -0.391 e. The van der Waals surface area contributed by atoms with Crippen molar-refractivity contribution in [3.63, 3.8) is 0 Å². The van der Waals surface area contributed by atoms with Gasteiger partial charge in [0, 0.05) is 19.5 Å². The highest BCUT2D eigenvalue weighted by Crippen LogP contribution is 2.32. The molecule has 1 rings (SSSR count). The van der Waals surface area contributed by atoms with E-state index in [4.69, 9.17) is 0 Å². The fourth-order valence-electron chi connectivity index (χ4n) is 1.33. The molecule has 0 aromatic heterocycles. The van der Waals surface area contributed by atoms with Crippen molar-refractivity contribution in [2.24, 2.45) is 5.92 Å². The van der Waals surface area contributed by atoms with Gasteiger partial charge >= 0.3 is 0 Å². The number of rotatable bonds is 7. The molecule has 0 aromatic carbocycles. The molecule has 0 aliphatic heterocycles. The Hall–Kier alpha value is -0.610. The molecule has 0 aromatic rings. The van der Waals surface area contributed by atoms with Crippen LogP contribution in [0.5, 0.6) is 0 Å². The van der Waals surface area contributed by atoms with Gasteiger partial charge in [-0.15, -0.1) is 0 Å². The number of aliphatic hydroxyl groups excluding tert-OH is 1. The molecule has 3 N–H and O–H groups in total. The van der Waals surface area contributed by atoms with Gasteiger partial charge in [0.05, 0.1) is 6.10 Å². The monoisotopic (exact) mass is 200 g/mol. The lowest BCUT2D eigenvalue weighted by Gasteiger charge is -2.10. The summed E-state index contributed by atoms with van der Waals surface area (Å²) in [6.45, 7) is 4.02. The second-order valence-electron chi connectivity index (χ2n) is 3.81. The average molecular weight is 200 g/mol. The SMILES string of the molecule is CCNCCC(=O)NCC(O)C1CC1. The summed E-state index contributed by atoms with van der Waals surface area (Å²) >= 11 is 0. The third-order valence-corrected chi connectivity index (χ3v) is 2.45. The number of nitrogens with one attached hydrogen (secondary N) is 2. The first-order valence-electron chi connectivity index (χ1n) is 5.39. The Bertz CT molecular complexity index is 181. The van der Waals surface area contributed by atoms with E-state index in [0.717, 1.165) is 19.4 Å². The van der Waals surface area contributed by atoms with Gasteiger partial charge in [0.2, 0.25) is 5.91 Å². The van der Waals surface area contributed by atoms with E-state index in [-0.39, 0.29) is 12.0 Å². The van der Waals surface area contributed by atoms with Crippen molar-refractivity contribution in [3.05, 3.63) is 0 Å². The van der Waals surface area contributed by atoms with E-state index >= 15 is 0 Å². The maximum absolute atomic E-state index is 11.2. The zero-order valence-corrected chi connectivity index (χ0v) is 8.75. The molecular formula is C10H20N2O2. The first-order valence-corrected chi connectivity index (χ1v) is 5.39. The van der Waals surface area contributed by atoms with E-state index < -0.39 is 0 Å². The molecule has 4 heteroatoms. The molecule has 0 spiro atoms. The number of aliphatic hydroxyl groups is 1. The maximum atomic E-state index is 11.2. The van der Waals surface area contributed by atoms with Crippen LogP contribution in [0.25, 0.3) is 0 Å². The Morgan fingerprint density at radius 3 is 2.86 bits per heavy atom. The number of carbonyl (C=O) groups is 1. The van der Waals surface area contributed by atoms with Crippen LogP contribution < -0.4 is 10.6 Å². The van der Waals surface area contributed by atoms with Crippen LogP contribution in [-0.4, -0.2) is 36.8 Å². The van der Waals surface area contributed by atoms with Crippen LogP contribution in [0.15, 0.2) is 0 Å². The topological polar surface area (TPSA) is 61.4 Å². The Morgan fingerprint density at radius 2 is 2.29 bits per heavy atom. The molecule has 1 atom stereocenters. The molecule has 0 bridgehead atoms. The molecule has 0 saturated heterocycles. The van der Waals surface area contributed by atoms with Crippen LogP contribution in [0.1, 0.15) is 26.2 Å². The predicted molar refractivity (Wildman–Crippen MR) is 54.9 cm³/mol. The highest BCUT2D eigenvalue weighted by atomic mass is 16.3. The molecule has 1 fully saturated rings. The molecule has 1 aliphatic carbocycles. The van der Waals surface area contributed by atoms with Crippen molar-refractivity contribution in [3.8, 4) is 0 Å².